The monoisotopic (exact) mass is 349 g/mol. The number of pyridine rings is 1. The largest absolute Gasteiger partial charge is 0.464 e. The first kappa shape index (κ1) is 15.3. The molecule has 6 heteroatoms. The Labute approximate surface area is 131 Å². The number of nitrogens with one attached hydrogen (secondary N) is 1. The maximum absolute atomic E-state index is 11.5. The molecule has 0 atom stereocenters. The van der Waals surface area contributed by atoms with Gasteiger partial charge in [0.2, 0.25) is 0 Å². The summed E-state index contributed by atoms with van der Waals surface area (Å²) in [5.41, 5.74) is 8.62. The number of hydrogen-bond donors (Lipinski definition) is 2. The van der Waals surface area contributed by atoms with Crippen LogP contribution < -0.4 is 11.1 Å². The summed E-state index contributed by atoms with van der Waals surface area (Å²) in [6.07, 6.45) is 0.859. The number of hydrogen-bond acceptors (Lipinski definition) is 5. The summed E-state index contributed by atoms with van der Waals surface area (Å²) < 4.78 is 5.67. The van der Waals surface area contributed by atoms with Gasteiger partial charge in [0.25, 0.3) is 0 Å². The third-order valence-corrected chi connectivity index (χ3v) is 3.52. The highest BCUT2D eigenvalue weighted by Gasteiger charge is 2.11. The second kappa shape index (κ2) is 6.58. The van der Waals surface area contributed by atoms with E-state index in [0.717, 1.165) is 22.1 Å². The van der Waals surface area contributed by atoms with Crippen molar-refractivity contribution in [3.8, 4) is 0 Å². The van der Waals surface area contributed by atoms with Crippen molar-refractivity contribution < 1.29 is 9.53 Å². The van der Waals surface area contributed by atoms with Crippen LogP contribution in [0.25, 0.3) is 0 Å². The molecule has 0 amide bonds. The Bertz CT molecular complexity index is 674. The highest BCUT2D eigenvalue weighted by atomic mass is 79.9. The number of ether oxygens (including phenoxy) is 1. The van der Waals surface area contributed by atoms with E-state index in [4.69, 9.17) is 5.73 Å². The van der Waals surface area contributed by atoms with Gasteiger partial charge in [-0.1, -0.05) is 22.9 Å². The fourth-order valence-electron chi connectivity index (χ4n) is 1.89. The highest BCUT2D eigenvalue weighted by Crippen LogP contribution is 2.27. The zero-order valence-corrected chi connectivity index (χ0v) is 13.4. The van der Waals surface area contributed by atoms with Crippen molar-refractivity contribution in [2.24, 2.45) is 0 Å². The Morgan fingerprint density at radius 1 is 1.38 bits per heavy atom. The van der Waals surface area contributed by atoms with Gasteiger partial charge in [-0.25, -0.2) is 9.78 Å². The quantitative estimate of drug-likeness (QED) is 0.825. The van der Waals surface area contributed by atoms with E-state index in [1.807, 2.05) is 18.2 Å². The predicted molar refractivity (Wildman–Crippen MR) is 86.8 cm³/mol. The number of nitrogens with two attached hydrogens (primary N) is 1. The van der Waals surface area contributed by atoms with Crippen LogP contribution in [-0.2, 0) is 11.2 Å². The van der Waals surface area contributed by atoms with Crippen molar-refractivity contribution >= 4 is 39.1 Å². The molecule has 5 nitrogen and oxygen atoms in total. The van der Waals surface area contributed by atoms with E-state index in [1.54, 1.807) is 6.07 Å². The Morgan fingerprint density at radius 3 is 2.81 bits per heavy atom. The van der Waals surface area contributed by atoms with Gasteiger partial charge in [-0.2, -0.15) is 0 Å². The molecule has 0 spiro atoms. The number of halogens is 1. The molecule has 0 aliphatic heterocycles. The van der Waals surface area contributed by atoms with E-state index in [9.17, 15) is 4.79 Å². The third-order valence-electron chi connectivity index (χ3n) is 3.02. The number of aryl methyl sites for hydroxylation is 1. The number of carbonyl (C=O) groups excluding carboxylic acids is 1. The molecular formula is C15H16BrN3O2. The van der Waals surface area contributed by atoms with E-state index in [-0.39, 0.29) is 5.69 Å². The molecule has 0 aliphatic rings. The zero-order valence-electron chi connectivity index (χ0n) is 11.8. The van der Waals surface area contributed by atoms with Gasteiger partial charge in [-0.3, -0.25) is 0 Å². The van der Waals surface area contributed by atoms with Crippen LogP contribution in [0.2, 0.25) is 0 Å². The first-order valence-electron chi connectivity index (χ1n) is 6.45. The first-order chi connectivity index (χ1) is 10.0. The van der Waals surface area contributed by atoms with Gasteiger partial charge in [-0.05, 0) is 42.3 Å². The van der Waals surface area contributed by atoms with Crippen LogP contribution in [0.1, 0.15) is 23.0 Å². The number of carbonyl (C=O) groups is 1. The minimum Gasteiger partial charge on any atom is -0.464 e. The molecule has 3 N–H and O–H groups in total. The van der Waals surface area contributed by atoms with Crippen molar-refractivity contribution in [2.75, 3.05) is 18.2 Å². The van der Waals surface area contributed by atoms with Crippen molar-refractivity contribution in [3.05, 3.63) is 46.1 Å². The lowest BCUT2D eigenvalue weighted by molar-refractivity contribution is 0.0594. The first-order valence-corrected chi connectivity index (χ1v) is 7.24. The maximum atomic E-state index is 11.5. The molecule has 2 aromatic rings. The normalized spacial score (nSPS) is 10.2. The van der Waals surface area contributed by atoms with Crippen LogP contribution in [0.5, 0.6) is 0 Å². The van der Waals surface area contributed by atoms with Crippen LogP contribution in [0.3, 0.4) is 0 Å². The lowest BCUT2D eigenvalue weighted by atomic mass is 10.1. The molecule has 0 fully saturated rings. The van der Waals surface area contributed by atoms with Gasteiger partial charge in [0.1, 0.15) is 0 Å². The molecule has 110 valence electrons. The second-order valence-corrected chi connectivity index (χ2v) is 5.32. The average Bonchev–Trinajstić information content (AvgIpc) is 2.50. The van der Waals surface area contributed by atoms with Crippen LogP contribution in [0.4, 0.5) is 17.2 Å². The molecule has 0 bridgehead atoms. The van der Waals surface area contributed by atoms with Gasteiger partial charge < -0.3 is 15.8 Å². The van der Waals surface area contributed by atoms with E-state index in [2.05, 4.69) is 37.9 Å². The number of esters is 1. The van der Waals surface area contributed by atoms with Crippen LogP contribution >= 0.6 is 15.9 Å². The fourth-order valence-corrected chi connectivity index (χ4v) is 2.30. The van der Waals surface area contributed by atoms with E-state index in [0.29, 0.717) is 11.5 Å². The summed E-state index contributed by atoms with van der Waals surface area (Å²) >= 11 is 3.45. The van der Waals surface area contributed by atoms with Crippen molar-refractivity contribution in [2.45, 2.75) is 13.3 Å². The number of methoxy groups -OCH3 is 1. The Morgan fingerprint density at radius 2 is 2.14 bits per heavy atom. The molecule has 0 unspecified atom stereocenters. The summed E-state index contributed by atoms with van der Waals surface area (Å²) in [5.74, 6) is -0.0560. The Hall–Kier alpha value is -2.08. The van der Waals surface area contributed by atoms with Gasteiger partial charge in [0.15, 0.2) is 11.5 Å². The molecule has 2 rings (SSSR count). The average molecular weight is 350 g/mol. The summed E-state index contributed by atoms with van der Waals surface area (Å²) in [6, 6.07) is 9.07. The molecule has 21 heavy (non-hydrogen) atoms. The van der Waals surface area contributed by atoms with Gasteiger partial charge in [-0.15, -0.1) is 0 Å². The van der Waals surface area contributed by atoms with E-state index >= 15 is 0 Å². The number of aromatic nitrogens is 1. The standard InChI is InChI=1S/C15H16BrN3O2/c1-3-9-8-10(16)4-6-12(9)18-14-11(17)5-7-13(19-14)15(20)21-2/h4-8H,3,17H2,1-2H3,(H,18,19). The molecule has 0 saturated heterocycles. The topological polar surface area (TPSA) is 77.2 Å². The SMILES string of the molecule is CCc1cc(Br)ccc1Nc1nc(C(=O)OC)ccc1N. The number of rotatable bonds is 4. The Balaban J connectivity index is 2.37. The molecule has 0 saturated carbocycles. The van der Waals surface area contributed by atoms with Gasteiger partial charge in [0, 0.05) is 10.2 Å². The Kier molecular flexibility index (Phi) is 4.80. The van der Waals surface area contributed by atoms with Crippen molar-refractivity contribution in [1.29, 1.82) is 0 Å². The van der Waals surface area contributed by atoms with Crippen molar-refractivity contribution in [3.63, 3.8) is 0 Å². The summed E-state index contributed by atoms with van der Waals surface area (Å²) in [4.78, 5) is 15.8. The maximum Gasteiger partial charge on any atom is 0.356 e. The number of anilines is 3. The molecule has 1 aromatic carbocycles. The predicted octanol–water partition coefficient (Wildman–Crippen LogP) is 3.52. The zero-order chi connectivity index (χ0) is 15.4. The summed E-state index contributed by atoms with van der Waals surface area (Å²) in [5, 5.41) is 3.17. The minimum atomic E-state index is -0.496. The van der Waals surface area contributed by atoms with Crippen LogP contribution in [0.15, 0.2) is 34.8 Å². The van der Waals surface area contributed by atoms with E-state index in [1.165, 1.54) is 13.2 Å². The molecular weight excluding hydrogens is 334 g/mol. The number of nitrogen functional groups attached to an aromatic ring is 1. The minimum absolute atomic E-state index is 0.212. The highest BCUT2D eigenvalue weighted by molar-refractivity contribution is 9.10. The smallest absolute Gasteiger partial charge is 0.356 e. The summed E-state index contributed by atoms with van der Waals surface area (Å²) in [7, 11) is 1.32. The lowest BCUT2D eigenvalue weighted by Gasteiger charge is -2.13. The third kappa shape index (κ3) is 3.52. The molecule has 0 aliphatic carbocycles. The van der Waals surface area contributed by atoms with Crippen LogP contribution in [0, 0.1) is 0 Å². The second-order valence-electron chi connectivity index (χ2n) is 4.41. The molecule has 1 heterocycles. The summed E-state index contributed by atoms with van der Waals surface area (Å²) in [6.45, 7) is 2.06. The number of nitrogens with zero attached hydrogens (tertiary/aromatic N) is 1. The molecule has 1 aromatic heterocycles. The van der Waals surface area contributed by atoms with Crippen LogP contribution in [-0.4, -0.2) is 18.1 Å². The van der Waals surface area contributed by atoms with Gasteiger partial charge in [0.05, 0.1) is 12.8 Å². The fraction of sp³-hybridized carbons (Fsp3) is 0.200. The number of benzene rings is 1. The van der Waals surface area contributed by atoms with E-state index < -0.39 is 5.97 Å². The van der Waals surface area contributed by atoms with Crippen molar-refractivity contribution in [1.82, 2.24) is 4.98 Å². The molecule has 0 radical (unpaired) electrons. The lowest BCUT2D eigenvalue weighted by Crippen LogP contribution is -2.08. The van der Waals surface area contributed by atoms with Gasteiger partial charge >= 0.3 is 5.97 Å².